The maximum atomic E-state index is 11.8. The lowest BCUT2D eigenvalue weighted by atomic mass is 10.1. The Hall–Kier alpha value is -1.26. The zero-order valence-corrected chi connectivity index (χ0v) is 14.8. The molecule has 0 aliphatic heterocycles. The molecule has 0 aliphatic carbocycles. The van der Waals surface area contributed by atoms with Crippen molar-refractivity contribution in [2.24, 2.45) is 5.92 Å². The van der Waals surface area contributed by atoms with E-state index in [1.165, 1.54) is 0 Å². The normalized spacial score (nSPS) is 11.7. The second-order valence-electron chi connectivity index (χ2n) is 5.77. The highest BCUT2D eigenvalue weighted by atomic mass is 35.5. The van der Waals surface area contributed by atoms with Crippen LogP contribution in [0.2, 0.25) is 0 Å². The van der Waals surface area contributed by atoms with Crippen LogP contribution in [0.1, 0.15) is 45.2 Å². The van der Waals surface area contributed by atoms with Gasteiger partial charge in [0.25, 0.3) is 0 Å². The number of nitrogens with one attached hydrogen (secondary N) is 2. The van der Waals surface area contributed by atoms with Crippen LogP contribution >= 0.6 is 12.4 Å². The lowest BCUT2D eigenvalue weighted by Crippen LogP contribution is -2.27. The van der Waals surface area contributed by atoms with Gasteiger partial charge in [0.2, 0.25) is 5.91 Å². The zero-order chi connectivity index (χ0) is 15.7. The largest absolute Gasteiger partial charge is 0.493 e. The predicted molar refractivity (Wildman–Crippen MR) is 93.7 cm³/mol. The van der Waals surface area contributed by atoms with Crippen LogP contribution in [0.3, 0.4) is 0 Å². The van der Waals surface area contributed by atoms with E-state index >= 15 is 0 Å². The van der Waals surface area contributed by atoms with Crippen molar-refractivity contribution < 1.29 is 9.53 Å². The van der Waals surface area contributed by atoms with Gasteiger partial charge in [-0.1, -0.05) is 26.0 Å². The number of benzene rings is 1. The first kappa shape index (κ1) is 20.7. The molecule has 0 saturated heterocycles. The van der Waals surface area contributed by atoms with E-state index in [4.69, 9.17) is 4.74 Å². The molecule has 0 radical (unpaired) electrons. The Labute approximate surface area is 140 Å². The van der Waals surface area contributed by atoms with E-state index in [0.717, 1.165) is 30.9 Å². The van der Waals surface area contributed by atoms with Gasteiger partial charge < -0.3 is 15.4 Å². The maximum Gasteiger partial charge on any atom is 0.220 e. The summed E-state index contributed by atoms with van der Waals surface area (Å²) in [6.45, 7) is 7.83. The Kier molecular flexibility index (Phi) is 10.7. The lowest BCUT2D eigenvalue weighted by Gasteiger charge is -2.15. The van der Waals surface area contributed by atoms with Crippen LogP contribution in [0, 0.1) is 5.92 Å². The molecule has 0 aromatic heterocycles. The summed E-state index contributed by atoms with van der Waals surface area (Å²) in [6, 6.07) is 7.96. The summed E-state index contributed by atoms with van der Waals surface area (Å²) in [5.41, 5.74) is 1.09. The fourth-order valence-electron chi connectivity index (χ4n) is 1.94. The Bertz CT molecular complexity index is 421. The molecule has 22 heavy (non-hydrogen) atoms. The number of rotatable bonds is 9. The van der Waals surface area contributed by atoms with Crippen molar-refractivity contribution in [2.75, 3.05) is 20.2 Å². The van der Waals surface area contributed by atoms with Gasteiger partial charge in [-0.3, -0.25) is 4.79 Å². The van der Waals surface area contributed by atoms with Crippen LogP contribution in [0.5, 0.6) is 5.75 Å². The zero-order valence-electron chi connectivity index (χ0n) is 14.0. The Morgan fingerprint density at radius 2 is 1.82 bits per heavy atom. The minimum absolute atomic E-state index is 0. The highest BCUT2D eigenvalue weighted by Crippen LogP contribution is 2.18. The monoisotopic (exact) mass is 328 g/mol. The molecule has 1 amide bonds. The number of halogens is 1. The molecule has 5 heteroatoms. The molecule has 0 fully saturated rings. The molecule has 0 aliphatic rings. The van der Waals surface area contributed by atoms with Gasteiger partial charge in [0.1, 0.15) is 5.75 Å². The van der Waals surface area contributed by atoms with Gasteiger partial charge in [-0.25, -0.2) is 0 Å². The Morgan fingerprint density at radius 1 is 1.18 bits per heavy atom. The third-order valence-corrected chi connectivity index (χ3v) is 3.17. The number of ether oxygens (including phenoxy) is 1. The average molecular weight is 329 g/mol. The molecule has 0 heterocycles. The van der Waals surface area contributed by atoms with Crippen molar-refractivity contribution in [1.29, 1.82) is 0 Å². The molecule has 1 aromatic rings. The van der Waals surface area contributed by atoms with Crippen LogP contribution in [0.25, 0.3) is 0 Å². The van der Waals surface area contributed by atoms with Gasteiger partial charge in [-0.2, -0.15) is 0 Å². The van der Waals surface area contributed by atoms with E-state index < -0.39 is 0 Å². The Balaban J connectivity index is 0.00000441. The summed E-state index contributed by atoms with van der Waals surface area (Å²) in [7, 11) is 1.89. The summed E-state index contributed by atoms with van der Waals surface area (Å²) >= 11 is 0. The molecule has 4 nitrogen and oxygen atoms in total. The molecule has 0 bridgehead atoms. The summed E-state index contributed by atoms with van der Waals surface area (Å²) in [4.78, 5) is 11.8. The number of hydrogen-bond donors (Lipinski definition) is 2. The van der Waals surface area contributed by atoms with E-state index in [-0.39, 0.29) is 24.4 Å². The van der Waals surface area contributed by atoms with E-state index in [9.17, 15) is 4.79 Å². The smallest absolute Gasteiger partial charge is 0.220 e. The number of carbonyl (C=O) groups excluding carboxylic acids is 1. The fraction of sp³-hybridized carbons (Fsp3) is 0.588. The molecule has 1 atom stereocenters. The van der Waals surface area contributed by atoms with E-state index in [2.05, 4.69) is 24.5 Å². The molecular weight excluding hydrogens is 300 g/mol. The van der Waals surface area contributed by atoms with E-state index in [1.54, 1.807) is 0 Å². The van der Waals surface area contributed by atoms with Crippen LogP contribution in [-0.4, -0.2) is 26.1 Å². The van der Waals surface area contributed by atoms with Crippen molar-refractivity contribution in [3.8, 4) is 5.75 Å². The van der Waals surface area contributed by atoms with Crippen molar-refractivity contribution in [3.63, 3.8) is 0 Å². The second kappa shape index (κ2) is 11.3. The molecule has 0 saturated carbocycles. The van der Waals surface area contributed by atoms with E-state index in [1.807, 2.05) is 38.2 Å². The van der Waals surface area contributed by atoms with Crippen molar-refractivity contribution in [2.45, 2.75) is 39.7 Å². The third-order valence-electron chi connectivity index (χ3n) is 3.17. The first-order chi connectivity index (χ1) is 10.0. The van der Waals surface area contributed by atoms with Gasteiger partial charge >= 0.3 is 0 Å². The maximum absolute atomic E-state index is 11.8. The van der Waals surface area contributed by atoms with Gasteiger partial charge in [-0.15, -0.1) is 12.4 Å². The van der Waals surface area contributed by atoms with Crippen molar-refractivity contribution >= 4 is 18.3 Å². The van der Waals surface area contributed by atoms with Gasteiger partial charge in [0, 0.05) is 6.42 Å². The Morgan fingerprint density at radius 3 is 2.36 bits per heavy atom. The molecule has 2 N–H and O–H groups in total. The number of carbonyl (C=O) groups is 1. The molecular formula is C17H29ClN2O2. The molecule has 126 valence electrons. The lowest BCUT2D eigenvalue weighted by molar-refractivity contribution is -0.121. The van der Waals surface area contributed by atoms with Crippen LogP contribution < -0.4 is 15.4 Å². The third kappa shape index (κ3) is 8.25. The number of amides is 1. The number of hydrogen-bond acceptors (Lipinski definition) is 3. The molecule has 1 rings (SSSR count). The highest BCUT2D eigenvalue weighted by Gasteiger charge is 2.09. The first-order valence-electron chi connectivity index (χ1n) is 7.69. The van der Waals surface area contributed by atoms with Crippen LogP contribution in [0.4, 0.5) is 0 Å². The standard InChI is InChI=1S/C17H28N2O2.ClH/c1-13(2)12-21-16-9-7-15(8-10-16)14(3)19-17(20)6-5-11-18-4;/h7-10,13-14,18H,5-6,11-12H2,1-4H3,(H,19,20);1H. The average Bonchev–Trinajstić information content (AvgIpc) is 2.45. The summed E-state index contributed by atoms with van der Waals surface area (Å²) in [5.74, 6) is 1.48. The SMILES string of the molecule is CNCCCC(=O)NC(C)c1ccc(OCC(C)C)cc1.Cl. The molecule has 0 spiro atoms. The van der Waals surface area contributed by atoms with E-state index in [0.29, 0.717) is 12.3 Å². The van der Waals surface area contributed by atoms with Crippen molar-refractivity contribution in [1.82, 2.24) is 10.6 Å². The summed E-state index contributed by atoms with van der Waals surface area (Å²) in [6.07, 6.45) is 1.41. The molecule has 1 unspecified atom stereocenters. The second-order valence-corrected chi connectivity index (χ2v) is 5.77. The van der Waals surface area contributed by atoms with Gasteiger partial charge in [0.05, 0.1) is 12.6 Å². The van der Waals surface area contributed by atoms with Crippen LogP contribution in [-0.2, 0) is 4.79 Å². The quantitative estimate of drug-likeness (QED) is 0.684. The van der Waals surface area contributed by atoms with Crippen LogP contribution in [0.15, 0.2) is 24.3 Å². The fourth-order valence-corrected chi connectivity index (χ4v) is 1.94. The van der Waals surface area contributed by atoms with Gasteiger partial charge in [0.15, 0.2) is 0 Å². The molecule has 1 aromatic carbocycles. The minimum atomic E-state index is 0. The summed E-state index contributed by atoms with van der Waals surface area (Å²) in [5, 5.41) is 6.06. The predicted octanol–water partition coefficient (Wildman–Crippen LogP) is 3.32. The van der Waals surface area contributed by atoms with Gasteiger partial charge in [-0.05, 0) is 50.6 Å². The summed E-state index contributed by atoms with van der Waals surface area (Å²) < 4.78 is 5.65. The highest BCUT2D eigenvalue weighted by molar-refractivity contribution is 5.85. The first-order valence-corrected chi connectivity index (χ1v) is 7.69. The topological polar surface area (TPSA) is 50.4 Å². The minimum Gasteiger partial charge on any atom is -0.493 e. The van der Waals surface area contributed by atoms with Crippen molar-refractivity contribution in [3.05, 3.63) is 29.8 Å².